The number of rotatable bonds is 6. The zero-order valence-electron chi connectivity index (χ0n) is 12.6. The minimum atomic E-state index is -3.40. The summed E-state index contributed by atoms with van der Waals surface area (Å²) in [5.74, 6) is 2.09. The summed E-state index contributed by atoms with van der Waals surface area (Å²) in [4.78, 5) is 1.32. The van der Waals surface area contributed by atoms with E-state index < -0.39 is 10.0 Å². The van der Waals surface area contributed by atoms with Gasteiger partial charge in [0.05, 0.1) is 4.90 Å². The van der Waals surface area contributed by atoms with Crippen LogP contribution in [0.5, 0.6) is 0 Å². The first-order chi connectivity index (χ1) is 10.0. The van der Waals surface area contributed by atoms with Crippen LogP contribution in [0.3, 0.4) is 0 Å². The molecule has 1 heterocycles. The molecule has 0 radical (unpaired) electrons. The molecule has 1 aromatic heterocycles. The molecule has 4 atom stereocenters. The third-order valence-electron chi connectivity index (χ3n) is 5.11. The average Bonchev–Trinajstić information content (AvgIpc) is 3.14. The summed E-state index contributed by atoms with van der Waals surface area (Å²) in [6.07, 6.45) is 5.13. The van der Waals surface area contributed by atoms with Gasteiger partial charge in [0.25, 0.3) is 0 Å². The number of thiophene rings is 1. The van der Waals surface area contributed by atoms with Crippen LogP contribution >= 0.6 is 11.3 Å². The van der Waals surface area contributed by atoms with E-state index in [2.05, 4.69) is 10.0 Å². The molecule has 3 rings (SSSR count). The molecule has 2 bridgehead atoms. The zero-order valence-corrected chi connectivity index (χ0v) is 14.3. The molecule has 118 valence electrons. The van der Waals surface area contributed by atoms with Crippen molar-refractivity contribution in [2.45, 2.75) is 50.1 Å². The third-order valence-corrected chi connectivity index (χ3v) is 7.80. The van der Waals surface area contributed by atoms with Gasteiger partial charge in [0.2, 0.25) is 10.0 Å². The summed E-state index contributed by atoms with van der Waals surface area (Å²) in [5.41, 5.74) is 0. The molecule has 21 heavy (non-hydrogen) atoms. The van der Waals surface area contributed by atoms with Crippen LogP contribution in [0.2, 0.25) is 0 Å². The van der Waals surface area contributed by atoms with Gasteiger partial charge in [0.1, 0.15) is 0 Å². The number of hydrogen-bond acceptors (Lipinski definition) is 4. The lowest BCUT2D eigenvalue weighted by atomic mass is 9.84. The van der Waals surface area contributed by atoms with Gasteiger partial charge in [0.15, 0.2) is 0 Å². The molecule has 2 N–H and O–H groups in total. The van der Waals surface area contributed by atoms with Gasteiger partial charge in [0, 0.05) is 17.5 Å². The van der Waals surface area contributed by atoms with E-state index in [0.717, 1.165) is 16.7 Å². The van der Waals surface area contributed by atoms with Gasteiger partial charge in [-0.25, -0.2) is 13.1 Å². The predicted molar refractivity (Wildman–Crippen MR) is 85.8 cm³/mol. The van der Waals surface area contributed by atoms with Crippen molar-refractivity contribution in [1.29, 1.82) is 0 Å². The van der Waals surface area contributed by atoms with Gasteiger partial charge >= 0.3 is 0 Å². The number of nitrogens with one attached hydrogen (secondary N) is 2. The summed E-state index contributed by atoms with van der Waals surface area (Å²) in [6, 6.07) is 1.75. The molecule has 6 heteroatoms. The first-order valence-corrected chi connectivity index (χ1v) is 10.1. The van der Waals surface area contributed by atoms with Crippen LogP contribution in [0.1, 0.15) is 37.5 Å². The lowest BCUT2D eigenvalue weighted by Gasteiger charge is -2.28. The summed E-state index contributed by atoms with van der Waals surface area (Å²) >= 11 is 1.49. The Morgan fingerprint density at radius 2 is 2.19 bits per heavy atom. The van der Waals surface area contributed by atoms with Crippen LogP contribution in [-0.4, -0.2) is 21.5 Å². The lowest BCUT2D eigenvalue weighted by molar-refractivity contribution is 0.280. The van der Waals surface area contributed by atoms with E-state index in [1.54, 1.807) is 6.07 Å². The Kier molecular flexibility index (Phi) is 4.41. The Bertz CT molecular complexity index is 597. The number of fused-ring (bicyclic) bond motifs is 2. The Morgan fingerprint density at radius 1 is 1.38 bits per heavy atom. The van der Waals surface area contributed by atoms with Crippen LogP contribution in [0.25, 0.3) is 0 Å². The van der Waals surface area contributed by atoms with E-state index in [-0.39, 0.29) is 6.04 Å². The van der Waals surface area contributed by atoms with Gasteiger partial charge in [-0.15, -0.1) is 11.3 Å². The van der Waals surface area contributed by atoms with Crippen molar-refractivity contribution < 1.29 is 8.42 Å². The highest BCUT2D eigenvalue weighted by molar-refractivity contribution is 7.89. The summed E-state index contributed by atoms with van der Waals surface area (Å²) in [7, 11) is -1.57. The fraction of sp³-hybridized carbons (Fsp3) is 0.733. The van der Waals surface area contributed by atoms with Gasteiger partial charge in [-0.05, 0) is 62.4 Å². The normalized spacial score (nSPS) is 29.9. The van der Waals surface area contributed by atoms with E-state index in [9.17, 15) is 8.42 Å². The highest BCUT2D eigenvalue weighted by Gasteiger charge is 2.42. The standard InChI is InChI=1S/C15H24N2O2S2/c1-10(13-8-11-3-4-12(13)7-11)17-21(18,19)15-5-6-20-14(15)9-16-2/h5-6,10-13,16-17H,3-4,7-9H2,1-2H3. The first-order valence-electron chi connectivity index (χ1n) is 7.74. The molecule has 2 aliphatic carbocycles. The molecule has 2 aliphatic rings. The van der Waals surface area contributed by atoms with Gasteiger partial charge in [-0.1, -0.05) is 6.42 Å². The molecule has 2 fully saturated rings. The van der Waals surface area contributed by atoms with Crippen LogP contribution in [-0.2, 0) is 16.6 Å². The zero-order chi connectivity index (χ0) is 15.0. The molecule has 4 nitrogen and oxygen atoms in total. The quantitative estimate of drug-likeness (QED) is 0.844. The van der Waals surface area contributed by atoms with E-state index in [1.807, 2.05) is 19.4 Å². The van der Waals surface area contributed by atoms with Crippen LogP contribution in [0.15, 0.2) is 16.3 Å². The van der Waals surface area contributed by atoms with Crippen molar-refractivity contribution in [3.05, 3.63) is 16.3 Å². The van der Waals surface area contributed by atoms with Crippen LogP contribution in [0.4, 0.5) is 0 Å². The second-order valence-electron chi connectivity index (χ2n) is 6.49. The maximum absolute atomic E-state index is 12.6. The highest BCUT2D eigenvalue weighted by Crippen LogP contribution is 2.49. The molecule has 4 unspecified atom stereocenters. The Balaban J connectivity index is 1.72. The Labute approximate surface area is 131 Å². The molecular formula is C15H24N2O2S2. The van der Waals surface area contributed by atoms with E-state index in [0.29, 0.717) is 17.4 Å². The summed E-state index contributed by atoms with van der Waals surface area (Å²) in [5, 5.41) is 4.88. The first kappa shape index (κ1) is 15.5. The van der Waals surface area contributed by atoms with Crippen molar-refractivity contribution in [3.63, 3.8) is 0 Å². The minimum absolute atomic E-state index is 0.0348. The monoisotopic (exact) mass is 328 g/mol. The maximum atomic E-state index is 12.6. The van der Waals surface area contributed by atoms with E-state index in [1.165, 1.54) is 37.0 Å². The molecule has 0 aromatic carbocycles. The van der Waals surface area contributed by atoms with Crippen LogP contribution in [0, 0.1) is 17.8 Å². The Hall–Kier alpha value is -0.430. The number of sulfonamides is 1. The van der Waals surface area contributed by atoms with Gasteiger partial charge in [-0.3, -0.25) is 0 Å². The fourth-order valence-electron chi connectivity index (χ4n) is 4.16. The fourth-order valence-corrected chi connectivity index (χ4v) is 6.91. The maximum Gasteiger partial charge on any atom is 0.241 e. The Morgan fingerprint density at radius 3 is 2.81 bits per heavy atom. The third kappa shape index (κ3) is 3.04. The largest absolute Gasteiger partial charge is 0.315 e. The molecule has 1 aromatic rings. The highest BCUT2D eigenvalue weighted by atomic mass is 32.2. The summed E-state index contributed by atoms with van der Waals surface area (Å²) < 4.78 is 28.2. The molecule has 2 saturated carbocycles. The van der Waals surface area contributed by atoms with Crippen molar-refractivity contribution in [2.24, 2.45) is 17.8 Å². The average molecular weight is 329 g/mol. The second-order valence-corrected chi connectivity index (χ2v) is 9.17. The van der Waals surface area contributed by atoms with Gasteiger partial charge in [-0.2, -0.15) is 0 Å². The second kappa shape index (κ2) is 5.99. The van der Waals surface area contributed by atoms with Crippen molar-refractivity contribution in [3.8, 4) is 0 Å². The number of hydrogen-bond donors (Lipinski definition) is 2. The van der Waals surface area contributed by atoms with Crippen molar-refractivity contribution >= 4 is 21.4 Å². The lowest BCUT2D eigenvalue weighted by Crippen LogP contribution is -2.40. The van der Waals surface area contributed by atoms with E-state index in [4.69, 9.17) is 0 Å². The molecule has 0 spiro atoms. The summed E-state index contributed by atoms with van der Waals surface area (Å²) in [6.45, 7) is 2.63. The van der Waals surface area contributed by atoms with Crippen molar-refractivity contribution in [1.82, 2.24) is 10.0 Å². The van der Waals surface area contributed by atoms with Gasteiger partial charge < -0.3 is 5.32 Å². The van der Waals surface area contributed by atoms with E-state index >= 15 is 0 Å². The molecule has 0 amide bonds. The van der Waals surface area contributed by atoms with Crippen LogP contribution < -0.4 is 10.0 Å². The predicted octanol–water partition coefficient (Wildman–Crippen LogP) is 2.57. The molecule has 0 saturated heterocycles. The SMILES string of the molecule is CNCc1sccc1S(=O)(=O)NC(C)C1CC2CCC1C2. The smallest absolute Gasteiger partial charge is 0.241 e. The topological polar surface area (TPSA) is 58.2 Å². The van der Waals surface area contributed by atoms with Crippen molar-refractivity contribution in [2.75, 3.05) is 7.05 Å². The minimum Gasteiger partial charge on any atom is -0.315 e. The molecule has 0 aliphatic heterocycles. The molecular weight excluding hydrogens is 304 g/mol.